The fourth-order valence-corrected chi connectivity index (χ4v) is 2.77. The van der Waals surface area contributed by atoms with Gasteiger partial charge in [0.05, 0.1) is 20.3 Å². The number of rotatable bonds is 8. The van der Waals surface area contributed by atoms with Crippen LogP contribution in [0.4, 0.5) is 5.69 Å². The summed E-state index contributed by atoms with van der Waals surface area (Å²) < 4.78 is 10.6. The first-order valence-electron chi connectivity index (χ1n) is 8.68. The van der Waals surface area contributed by atoms with Crippen LogP contribution in [0.5, 0.6) is 11.5 Å². The molecule has 0 aromatic heterocycles. The number of benzene rings is 2. The van der Waals surface area contributed by atoms with Crippen molar-refractivity contribution >= 4 is 17.4 Å². The summed E-state index contributed by atoms with van der Waals surface area (Å²) in [6.07, 6.45) is 0. The minimum absolute atomic E-state index is 0.0207. The number of hydrogen-bond donors (Lipinski definition) is 1. The quantitative estimate of drug-likeness (QED) is 0.722. The van der Waals surface area contributed by atoms with Crippen molar-refractivity contribution in [2.75, 3.05) is 26.6 Å². The van der Waals surface area contributed by atoms with E-state index in [0.29, 0.717) is 29.3 Å². The smallest absolute Gasteiger partial charge is 0.221 e. The van der Waals surface area contributed by atoms with Crippen molar-refractivity contribution in [3.05, 3.63) is 53.6 Å². The predicted molar refractivity (Wildman–Crippen MR) is 106 cm³/mol. The Morgan fingerprint density at radius 1 is 1.04 bits per heavy atom. The van der Waals surface area contributed by atoms with Crippen LogP contribution in [-0.2, 0) is 11.3 Å². The number of likely N-dealkylation sites (N-methyl/N-ethyl adjacent to an activating group) is 1. The molecule has 1 N–H and O–H groups in total. The van der Waals surface area contributed by atoms with Crippen LogP contribution in [0.15, 0.2) is 42.5 Å². The molecule has 0 saturated carbocycles. The monoisotopic (exact) mass is 370 g/mol. The Hall–Kier alpha value is -2.86. The van der Waals surface area contributed by atoms with Crippen molar-refractivity contribution in [2.24, 2.45) is 0 Å². The molecule has 0 fully saturated rings. The number of methoxy groups -OCH3 is 2. The third-order valence-corrected chi connectivity index (χ3v) is 4.41. The predicted octanol–water partition coefficient (Wildman–Crippen LogP) is 3.37. The van der Waals surface area contributed by atoms with Gasteiger partial charge in [-0.25, -0.2) is 0 Å². The lowest BCUT2D eigenvalue weighted by Crippen LogP contribution is -2.35. The van der Waals surface area contributed by atoms with E-state index >= 15 is 0 Å². The standard InChI is InChI=1S/C21H26N2O4/c1-14(21(25)17-7-9-18(10-8-17)22-15(2)24)23(3)13-16-6-11-19(26-4)20(12-16)27-5/h6-12,14H,13H2,1-5H3,(H,22,24)/t14-/m0/s1. The van der Waals surface area contributed by atoms with Crippen molar-refractivity contribution in [3.8, 4) is 11.5 Å². The summed E-state index contributed by atoms with van der Waals surface area (Å²) >= 11 is 0. The summed E-state index contributed by atoms with van der Waals surface area (Å²) in [5, 5.41) is 2.69. The van der Waals surface area contributed by atoms with Gasteiger partial charge in [-0.3, -0.25) is 14.5 Å². The van der Waals surface area contributed by atoms with E-state index in [1.807, 2.05) is 37.1 Å². The number of nitrogens with zero attached hydrogens (tertiary/aromatic N) is 1. The lowest BCUT2D eigenvalue weighted by Gasteiger charge is -2.24. The Kier molecular flexibility index (Phi) is 6.96. The average Bonchev–Trinajstić information content (AvgIpc) is 2.66. The van der Waals surface area contributed by atoms with E-state index in [1.165, 1.54) is 6.92 Å². The molecule has 0 saturated heterocycles. The van der Waals surface area contributed by atoms with Crippen LogP contribution in [0.1, 0.15) is 29.8 Å². The molecule has 0 heterocycles. The first-order chi connectivity index (χ1) is 12.8. The minimum Gasteiger partial charge on any atom is -0.493 e. The normalized spacial score (nSPS) is 11.8. The third kappa shape index (κ3) is 5.31. The molecule has 0 bridgehead atoms. The molecule has 0 aliphatic heterocycles. The second kappa shape index (κ2) is 9.19. The van der Waals surface area contributed by atoms with Gasteiger partial charge < -0.3 is 14.8 Å². The second-order valence-electron chi connectivity index (χ2n) is 6.40. The fraction of sp³-hybridized carbons (Fsp3) is 0.333. The third-order valence-electron chi connectivity index (χ3n) is 4.41. The van der Waals surface area contributed by atoms with Crippen LogP contribution in [0.3, 0.4) is 0 Å². The Labute approximate surface area is 160 Å². The van der Waals surface area contributed by atoms with Crippen molar-refractivity contribution in [3.63, 3.8) is 0 Å². The number of ketones is 1. The summed E-state index contributed by atoms with van der Waals surface area (Å²) in [6, 6.07) is 12.3. The number of hydrogen-bond acceptors (Lipinski definition) is 5. The summed E-state index contributed by atoms with van der Waals surface area (Å²) in [7, 11) is 5.11. The van der Waals surface area contributed by atoms with E-state index in [2.05, 4.69) is 5.32 Å². The summed E-state index contributed by atoms with van der Waals surface area (Å²) in [6.45, 7) is 3.92. The van der Waals surface area contributed by atoms with Gasteiger partial charge in [-0.05, 0) is 55.9 Å². The van der Waals surface area contributed by atoms with Crippen molar-refractivity contribution in [2.45, 2.75) is 26.4 Å². The molecule has 0 radical (unpaired) electrons. The molecule has 0 aliphatic rings. The fourth-order valence-electron chi connectivity index (χ4n) is 2.77. The molecule has 1 amide bonds. The average molecular weight is 370 g/mol. The minimum atomic E-state index is -0.301. The number of Topliss-reactive ketones (excluding diaryl/α,β-unsaturated/α-hetero) is 1. The van der Waals surface area contributed by atoms with Gasteiger partial charge in [0.2, 0.25) is 5.91 Å². The number of amides is 1. The molecule has 0 unspecified atom stereocenters. The highest BCUT2D eigenvalue weighted by atomic mass is 16.5. The van der Waals surface area contributed by atoms with E-state index < -0.39 is 0 Å². The van der Waals surface area contributed by atoms with Gasteiger partial charge in [0.25, 0.3) is 0 Å². The van der Waals surface area contributed by atoms with Gasteiger partial charge in [0.15, 0.2) is 17.3 Å². The molecule has 2 rings (SSSR count). The molecule has 1 atom stereocenters. The number of ether oxygens (including phenoxy) is 2. The van der Waals surface area contributed by atoms with Crippen LogP contribution in [-0.4, -0.2) is 43.9 Å². The highest BCUT2D eigenvalue weighted by Crippen LogP contribution is 2.28. The van der Waals surface area contributed by atoms with Gasteiger partial charge in [0.1, 0.15) is 0 Å². The molecule has 27 heavy (non-hydrogen) atoms. The maximum Gasteiger partial charge on any atom is 0.221 e. The molecule has 0 aliphatic carbocycles. The van der Waals surface area contributed by atoms with Crippen LogP contribution < -0.4 is 14.8 Å². The summed E-state index contributed by atoms with van der Waals surface area (Å²) in [5.41, 5.74) is 2.30. The summed E-state index contributed by atoms with van der Waals surface area (Å²) in [4.78, 5) is 25.8. The highest BCUT2D eigenvalue weighted by Gasteiger charge is 2.20. The maximum atomic E-state index is 12.8. The Morgan fingerprint density at radius 3 is 2.22 bits per heavy atom. The van der Waals surface area contributed by atoms with E-state index in [9.17, 15) is 9.59 Å². The number of carbonyl (C=O) groups excluding carboxylic acids is 2. The Balaban J connectivity index is 2.06. The number of nitrogens with one attached hydrogen (secondary N) is 1. The first-order valence-corrected chi connectivity index (χ1v) is 8.68. The molecule has 6 heteroatoms. The highest BCUT2D eigenvalue weighted by molar-refractivity contribution is 6.00. The Morgan fingerprint density at radius 2 is 1.67 bits per heavy atom. The van der Waals surface area contributed by atoms with Gasteiger partial charge >= 0.3 is 0 Å². The van der Waals surface area contributed by atoms with Gasteiger partial charge in [-0.15, -0.1) is 0 Å². The maximum absolute atomic E-state index is 12.8. The lowest BCUT2D eigenvalue weighted by atomic mass is 10.0. The van der Waals surface area contributed by atoms with Crippen molar-refractivity contribution < 1.29 is 19.1 Å². The van der Waals surface area contributed by atoms with Crippen LogP contribution in [0.25, 0.3) is 0 Å². The van der Waals surface area contributed by atoms with Crippen LogP contribution >= 0.6 is 0 Å². The first kappa shape index (κ1) is 20.5. The molecule has 0 spiro atoms. The topological polar surface area (TPSA) is 67.9 Å². The molecule has 6 nitrogen and oxygen atoms in total. The SMILES string of the molecule is COc1ccc(CN(C)[C@@H](C)C(=O)c2ccc(NC(C)=O)cc2)cc1OC. The van der Waals surface area contributed by atoms with E-state index in [0.717, 1.165) is 5.56 Å². The van der Waals surface area contributed by atoms with Gasteiger partial charge in [-0.2, -0.15) is 0 Å². The number of anilines is 1. The number of carbonyl (C=O) groups is 2. The largest absolute Gasteiger partial charge is 0.493 e. The Bertz CT molecular complexity index is 802. The van der Waals surface area contributed by atoms with Gasteiger partial charge in [0, 0.05) is 24.7 Å². The molecular formula is C21H26N2O4. The van der Waals surface area contributed by atoms with Crippen molar-refractivity contribution in [1.29, 1.82) is 0 Å². The zero-order chi connectivity index (χ0) is 20.0. The van der Waals surface area contributed by atoms with E-state index in [1.54, 1.807) is 38.5 Å². The van der Waals surface area contributed by atoms with Crippen LogP contribution in [0.2, 0.25) is 0 Å². The van der Waals surface area contributed by atoms with E-state index in [4.69, 9.17) is 9.47 Å². The van der Waals surface area contributed by atoms with E-state index in [-0.39, 0.29) is 17.7 Å². The molecule has 2 aromatic rings. The van der Waals surface area contributed by atoms with Crippen molar-refractivity contribution in [1.82, 2.24) is 4.90 Å². The second-order valence-corrected chi connectivity index (χ2v) is 6.40. The molecule has 2 aromatic carbocycles. The lowest BCUT2D eigenvalue weighted by molar-refractivity contribution is -0.114. The summed E-state index contributed by atoms with van der Waals surface area (Å²) in [5.74, 6) is 1.22. The molecule has 144 valence electrons. The molecular weight excluding hydrogens is 344 g/mol. The zero-order valence-electron chi connectivity index (χ0n) is 16.4. The van der Waals surface area contributed by atoms with Gasteiger partial charge in [-0.1, -0.05) is 6.07 Å². The zero-order valence-corrected chi connectivity index (χ0v) is 16.4. The van der Waals surface area contributed by atoms with Crippen LogP contribution in [0, 0.1) is 0 Å².